The number of hydrazine groups is 1. The van der Waals surface area contributed by atoms with Gasteiger partial charge < -0.3 is 5.11 Å². The van der Waals surface area contributed by atoms with Gasteiger partial charge in [0.15, 0.2) is 0 Å². The van der Waals surface area contributed by atoms with E-state index in [1.165, 1.54) is 27.3 Å². The maximum atomic E-state index is 11.3. The average Bonchev–Trinajstić information content (AvgIpc) is 3.05. The summed E-state index contributed by atoms with van der Waals surface area (Å²) in [7, 11) is 1.88. The van der Waals surface area contributed by atoms with Crippen LogP contribution in [0.3, 0.4) is 0 Å². The van der Waals surface area contributed by atoms with Crippen LogP contribution in [0.2, 0.25) is 0 Å². The molecule has 4 nitrogen and oxygen atoms in total. The van der Waals surface area contributed by atoms with Crippen molar-refractivity contribution in [3.8, 4) is 11.1 Å². The minimum atomic E-state index is -0.871. The topological polar surface area (TPSA) is 43.8 Å². The van der Waals surface area contributed by atoms with Crippen molar-refractivity contribution in [3.63, 3.8) is 0 Å². The maximum absolute atomic E-state index is 11.3. The van der Waals surface area contributed by atoms with E-state index in [-0.39, 0.29) is 12.0 Å². The molecule has 4 rings (SSSR count). The number of amides is 1. The third-order valence-electron chi connectivity index (χ3n) is 4.98. The lowest BCUT2D eigenvalue weighted by Crippen LogP contribution is -2.43. The molecule has 22 heavy (non-hydrogen) atoms. The Hall–Kier alpha value is -2.33. The smallest absolute Gasteiger partial charge is 0.421 e. The Kier molecular flexibility index (Phi) is 2.94. The molecule has 1 atom stereocenters. The number of carbonyl (C=O) groups is 1. The van der Waals surface area contributed by atoms with E-state index in [0.717, 1.165) is 6.42 Å². The van der Waals surface area contributed by atoms with Gasteiger partial charge >= 0.3 is 6.09 Å². The van der Waals surface area contributed by atoms with Crippen molar-refractivity contribution in [2.75, 3.05) is 13.6 Å². The zero-order chi connectivity index (χ0) is 15.3. The van der Waals surface area contributed by atoms with Gasteiger partial charge in [0, 0.05) is 25.6 Å². The van der Waals surface area contributed by atoms with E-state index < -0.39 is 6.09 Å². The van der Waals surface area contributed by atoms with Gasteiger partial charge in [-0.05, 0) is 28.7 Å². The van der Waals surface area contributed by atoms with Gasteiger partial charge in [-0.3, -0.25) is 0 Å². The monoisotopic (exact) mass is 294 g/mol. The van der Waals surface area contributed by atoms with Crippen LogP contribution in [0.25, 0.3) is 11.1 Å². The van der Waals surface area contributed by atoms with Crippen molar-refractivity contribution in [1.29, 1.82) is 0 Å². The molecule has 1 aliphatic heterocycles. The van der Waals surface area contributed by atoms with Gasteiger partial charge in [0.2, 0.25) is 0 Å². The van der Waals surface area contributed by atoms with Crippen molar-refractivity contribution in [1.82, 2.24) is 10.0 Å². The van der Waals surface area contributed by atoms with Crippen molar-refractivity contribution in [2.45, 2.75) is 18.4 Å². The molecule has 2 aliphatic rings. The van der Waals surface area contributed by atoms with Gasteiger partial charge in [-0.15, -0.1) is 0 Å². The van der Waals surface area contributed by atoms with Crippen LogP contribution in [0.5, 0.6) is 0 Å². The average molecular weight is 294 g/mol. The summed E-state index contributed by atoms with van der Waals surface area (Å²) in [6, 6.07) is 17.1. The summed E-state index contributed by atoms with van der Waals surface area (Å²) >= 11 is 0. The van der Waals surface area contributed by atoms with Crippen LogP contribution in [-0.2, 0) is 0 Å². The predicted octanol–water partition coefficient (Wildman–Crippen LogP) is 3.40. The molecule has 0 radical (unpaired) electrons. The zero-order valence-electron chi connectivity index (χ0n) is 12.4. The minimum absolute atomic E-state index is 0.181. The first kappa shape index (κ1) is 13.3. The summed E-state index contributed by atoms with van der Waals surface area (Å²) < 4.78 is 0. The van der Waals surface area contributed by atoms with Crippen molar-refractivity contribution in [3.05, 3.63) is 59.7 Å². The second kappa shape index (κ2) is 4.85. The number of carboxylic acid groups (broad SMARTS) is 1. The molecule has 1 unspecified atom stereocenters. The van der Waals surface area contributed by atoms with Gasteiger partial charge in [-0.25, -0.2) is 14.8 Å². The Labute approximate surface area is 129 Å². The number of likely N-dealkylation sites (N-methyl/N-ethyl adjacent to an activating group) is 1. The van der Waals surface area contributed by atoms with Gasteiger partial charge in [-0.1, -0.05) is 48.5 Å². The summed E-state index contributed by atoms with van der Waals surface area (Å²) in [6.45, 7) is 0.567. The number of nitrogens with zero attached hydrogens (tertiary/aromatic N) is 2. The van der Waals surface area contributed by atoms with Crippen molar-refractivity contribution in [2.24, 2.45) is 0 Å². The Morgan fingerprint density at radius 3 is 2.09 bits per heavy atom. The summed E-state index contributed by atoms with van der Waals surface area (Å²) in [4.78, 5) is 11.3. The van der Waals surface area contributed by atoms with Crippen LogP contribution in [-0.4, -0.2) is 40.9 Å². The molecule has 1 aliphatic carbocycles. The summed E-state index contributed by atoms with van der Waals surface area (Å²) in [5.74, 6) is 0.238. The predicted molar refractivity (Wildman–Crippen MR) is 84.6 cm³/mol. The molecular formula is C18H18N2O2. The van der Waals surface area contributed by atoms with Gasteiger partial charge in [0.25, 0.3) is 0 Å². The molecule has 1 fully saturated rings. The number of fused-ring (bicyclic) bond motifs is 3. The molecule has 1 N–H and O–H groups in total. The first-order chi connectivity index (χ1) is 10.7. The SMILES string of the molecule is CN1C(C2c3ccccc3-c3ccccc32)CCN1C(=O)O. The third-order valence-corrected chi connectivity index (χ3v) is 4.98. The largest absolute Gasteiger partial charge is 0.464 e. The van der Waals surface area contributed by atoms with E-state index in [9.17, 15) is 9.90 Å². The standard InChI is InChI=1S/C18H18N2O2/c1-19-16(10-11-20(19)18(21)22)17-14-8-4-2-6-12(14)13-7-3-5-9-15(13)17/h2-9,16-17H,10-11H2,1H3,(H,21,22). The highest BCUT2D eigenvalue weighted by Crippen LogP contribution is 2.48. The Bertz CT molecular complexity index is 698. The highest BCUT2D eigenvalue weighted by atomic mass is 16.4. The molecular weight excluding hydrogens is 276 g/mol. The molecule has 1 saturated heterocycles. The molecule has 0 spiro atoms. The number of benzene rings is 2. The second-order valence-electron chi connectivity index (χ2n) is 5.99. The van der Waals surface area contributed by atoms with Crippen LogP contribution >= 0.6 is 0 Å². The molecule has 1 amide bonds. The first-order valence-electron chi connectivity index (χ1n) is 7.60. The lowest BCUT2D eigenvalue weighted by atomic mass is 9.88. The molecule has 2 aromatic rings. The molecule has 4 heteroatoms. The van der Waals surface area contributed by atoms with E-state index in [1.54, 1.807) is 0 Å². The fraction of sp³-hybridized carbons (Fsp3) is 0.278. The number of rotatable bonds is 1. The Morgan fingerprint density at radius 1 is 1.05 bits per heavy atom. The normalized spacial score (nSPS) is 21.0. The van der Waals surface area contributed by atoms with Gasteiger partial charge in [0.05, 0.1) is 0 Å². The highest BCUT2D eigenvalue weighted by Gasteiger charge is 2.42. The van der Waals surface area contributed by atoms with Crippen LogP contribution in [0, 0.1) is 0 Å². The maximum Gasteiger partial charge on any atom is 0.421 e. The van der Waals surface area contributed by atoms with E-state index in [2.05, 4.69) is 48.5 Å². The van der Waals surface area contributed by atoms with E-state index in [1.807, 2.05) is 12.1 Å². The van der Waals surface area contributed by atoms with Crippen LogP contribution < -0.4 is 0 Å². The van der Waals surface area contributed by atoms with Crippen molar-refractivity contribution < 1.29 is 9.90 Å². The fourth-order valence-electron chi connectivity index (χ4n) is 4.00. The van der Waals surface area contributed by atoms with E-state index >= 15 is 0 Å². The zero-order valence-corrected chi connectivity index (χ0v) is 12.4. The van der Waals surface area contributed by atoms with E-state index in [0.29, 0.717) is 6.54 Å². The molecule has 0 saturated carbocycles. The van der Waals surface area contributed by atoms with Crippen LogP contribution in [0.15, 0.2) is 48.5 Å². The first-order valence-corrected chi connectivity index (χ1v) is 7.60. The summed E-state index contributed by atoms with van der Waals surface area (Å²) in [5.41, 5.74) is 5.19. The molecule has 0 bridgehead atoms. The minimum Gasteiger partial charge on any atom is -0.464 e. The van der Waals surface area contributed by atoms with Gasteiger partial charge in [0.1, 0.15) is 0 Å². The number of hydrogen-bond donors (Lipinski definition) is 1. The Balaban J connectivity index is 1.81. The van der Waals surface area contributed by atoms with Crippen LogP contribution in [0.4, 0.5) is 4.79 Å². The highest BCUT2D eigenvalue weighted by molar-refractivity contribution is 5.79. The third kappa shape index (κ3) is 1.77. The lowest BCUT2D eigenvalue weighted by Gasteiger charge is -2.30. The van der Waals surface area contributed by atoms with Gasteiger partial charge in [-0.2, -0.15) is 0 Å². The van der Waals surface area contributed by atoms with Crippen molar-refractivity contribution >= 4 is 6.09 Å². The fourth-order valence-corrected chi connectivity index (χ4v) is 4.00. The summed E-state index contributed by atoms with van der Waals surface area (Å²) in [5, 5.41) is 12.6. The van der Waals surface area contributed by atoms with Crippen LogP contribution in [0.1, 0.15) is 23.5 Å². The number of hydrogen-bond acceptors (Lipinski definition) is 2. The summed E-state index contributed by atoms with van der Waals surface area (Å²) in [6.07, 6.45) is -0.0135. The molecule has 1 heterocycles. The molecule has 112 valence electrons. The quantitative estimate of drug-likeness (QED) is 0.876. The van der Waals surface area contributed by atoms with E-state index in [4.69, 9.17) is 0 Å². The second-order valence-corrected chi connectivity index (χ2v) is 5.99. The lowest BCUT2D eigenvalue weighted by molar-refractivity contribution is 0.0278. The molecule has 2 aromatic carbocycles. The Morgan fingerprint density at radius 2 is 1.59 bits per heavy atom. The molecule has 0 aromatic heterocycles.